The van der Waals surface area contributed by atoms with Gasteiger partial charge >= 0.3 is 14.1 Å². The Morgan fingerprint density at radius 2 is 2.17 bits per heavy atom. The summed E-state index contributed by atoms with van der Waals surface area (Å²) >= 11 is 6.06. The van der Waals surface area contributed by atoms with E-state index in [1.165, 1.54) is 17.8 Å². The molecule has 0 saturated carbocycles. The highest BCUT2D eigenvalue weighted by Crippen LogP contribution is 2.42. The van der Waals surface area contributed by atoms with E-state index in [0.29, 0.717) is 17.9 Å². The molecule has 0 bridgehead atoms. The molecule has 13 nitrogen and oxygen atoms in total. The Morgan fingerprint density at radius 1 is 1.46 bits per heavy atom. The lowest BCUT2D eigenvalue weighted by Gasteiger charge is -2.26. The van der Waals surface area contributed by atoms with Gasteiger partial charge in [0.15, 0.2) is 29.4 Å². The number of hydrogen-bond acceptors (Lipinski definition) is 11. The fraction of sp³-hybridized carbons (Fsp3) is 0.684. The molecule has 35 heavy (non-hydrogen) atoms. The fourth-order valence-corrected chi connectivity index (χ4v) is 4.59. The maximum atomic E-state index is 15.3. The van der Waals surface area contributed by atoms with E-state index < -0.39 is 50.9 Å². The van der Waals surface area contributed by atoms with Gasteiger partial charge in [-0.2, -0.15) is 9.97 Å². The third kappa shape index (κ3) is 5.79. The average Bonchev–Trinajstić information content (AvgIpc) is 3.32. The van der Waals surface area contributed by atoms with Gasteiger partial charge in [0.2, 0.25) is 5.95 Å². The van der Waals surface area contributed by atoms with Crippen LogP contribution < -0.4 is 16.1 Å². The normalized spacial score (nSPS) is 25.7. The summed E-state index contributed by atoms with van der Waals surface area (Å²) in [5.74, 6) is -0.705. The highest BCUT2D eigenvalue weighted by Gasteiger charge is 2.57. The van der Waals surface area contributed by atoms with Crippen LogP contribution in [0.2, 0.25) is 0 Å². The Morgan fingerprint density at radius 3 is 2.80 bits per heavy atom. The first-order valence-electron chi connectivity index (χ1n) is 10.9. The standard InChI is InChI=1S/C19H29ClFN7O6P/c1-5-23-14-12-15(26-18(22)25-14)28(8-24-12)16-11(21)13(29)19(6-20,34-16)7-32-35(31)27-10(4)17(30)33-9(2)3/h8-11,13,16,29H,5-7H2,1-4H3,(H,27,31)(H3,22,23,25,26)/q+1/t10-,11-,13-,16+,19+/m0/s1. The first-order chi connectivity index (χ1) is 16.5. The van der Waals surface area contributed by atoms with Crippen LogP contribution >= 0.6 is 19.8 Å². The number of nitrogens with one attached hydrogen (secondary N) is 2. The molecule has 1 aliphatic heterocycles. The van der Waals surface area contributed by atoms with Crippen LogP contribution in [0.5, 0.6) is 0 Å². The summed E-state index contributed by atoms with van der Waals surface area (Å²) in [4.78, 5) is 24.4. The largest absolute Gasteiger partial charge is 0.613 e. The van der Waals surface area contributed by atoms with Crippen LogP contribution in [0.4, 0.5) is 16.2 Å². The van der Waals surface area contributed by atoms with Crippen LogP contribution in [-0.4, -0.2) is 79.6 Å². The number of esters is 1. The molecule has 0 aromatic carbocycles. The molecule has 2 aromatic rings. The molecule has 2 aromatic heterocycles. The zero-order valence-corrected chi connectivity index (χ0v) is 21.3. The predicted octanol–water partition coefficient (Wildman–Crippen LogP) is 1.65. The number of fused-ring (bicyclic) bond motifs is 1. The summed E-state index contributed by atoms with van der Waals surface area (Å²) in [7, 11) is -2.60. The Hall–Kier alpha value is -2.22. The molecule has 1 saturated heterocycles. The zero-order valence-electron chi connectivity index (χ0n) is 19.6. The third-order valence-electron chi connectivity index (χ3n) is 5.18. The van der Waals surface area contributed by atoms with Crippen molar-refractivity contribution >= 4 is 48.7 Å². The maximum Gasteiger partial charge on any atom is 0.613 e. The lowest BCUT2D eigenvalue weighted by atomic mass is 9.99. The number of nitrogens with two attached hydrogens (primary N) is 1. The van der Waals surface area contributed by atoms with Crippen molar-refractivity contribution in [2.75, 3.05) is 30.1 Å². The Kier molecular flexibility index (Phi) is 8.78. The molecule has 1 fully saturated rings. The third-order valence-corrected chi connectivity index (χ3v) is 6.60. The second-order valence-corrected chi connectivity index (χ2v) is 9.55. The van der Waals surface area contributed by atoms with Crippen LogP contribution in [0.1, 0.15) is 33.9 Å². The van der Waals surface area contributed by atoms with Crippen molar-refractivity contribution in [2.45, 2.75) is 63.9 Å². The molecule has 0 aliphatic carbocycles. The van der Waals surface area contributed by atoms with Gasteiger partial charge in [0.05, 0.1) is 18.3 Å². The van der Waals surface area contributed by atoms with Crippen molar-refractivity contribution in [3.63, 3.8) is 0 Å². The number of halogens is 2. The van der Waals surface area contributed by atoms with E-state index in [2.05, 4.69) is 25.4 Å². The number of nitrogen functional groups attached to an aromatic ring is 1. The Balaban J connectivity index is 1.76. The van der Waals surface area contributed by atoms with Crippen LogP contribution in [-0.2, 0) is 23.4 Å². The lowest BCUT2D eigenvalue weighted by molar-refractivity contribution is -0.149. The lowest BCUT2D eigenvalue weighted by Crippen LogP contribution is -2.47. The second kappa shape index (κ2) is 11.2. The quantitative estimate of drug-likeness (QED) is 0.186. The van der Waals surface area contributed by atoms with Gasteiger partial charge in [-0.25, -0.2) is 9.37 Å². The van der Waals surface area contributed by atoms with Crippen molar-refractivity contribution in [1.29, 1.82) is 0 Å². The molecule has 6 atom stereocenters. The fourth-order valence-electron chi connectivity index (χ4n) is 3.46. The summed E-state index contributed by atoms with van der Waals surface area (Å²) in [6, 6.07) is -0.933. The van der Waals surface area contributed by atoms with Gasteiger partial charge in [-0.15, -0.1) is 16.1 Å². The number of hydrogen-bond donors (Lipinski definition) is 4. The van der Waals surface area contributed by atoms with Crippen LogP contribution in [0.3, 0.4) is 0 Å². The molecule has 16 heteroatoms. The summed E-state index contributed by atoms with van der Waals surface area (Å²) in [5.41, 5.74) is 4.56. The molecular weight excluding hydrogens is 508 g/mol. The number of anilines is 2. The Labute approximate surface area is 206 Å². The highest BCUT2D eigenvalue weighted by molar-refractivity contribution is 7.36. The van der Waals surface area contributed by atoms with E-state index in [4.69, 9.17) is 31.3 Å². The maximum absolute atomic E-state index is 15.3. The molecule has 0 radical (unpaired) electrons. The molecule has 1 aliphatic rings. The molecule has 5 N–H and O–H groups in total. The summed E-state index contributed by atoms with van der Waals surface area (Å²) < 4.78 is 45.0. The van der Waals surface area contributed by atoms with E-state index in [-0.39, 0.29) is 23.6 Å². The van der Waals surface area contributed by atoms with Gasteiger partial charge in [0.25, 0.3) is 0 Å². The highest BCUT2D eigenvalue weighted by atomic mass is 35.5. The van der Waals surface area contributed by atoms with E-state index >= 15 is 4.39 Å². The predicted molar refractivity (Wildman–Crippen MR) is 126 cm³/mol. The van der Waals surface area contributed by atoms with E-state index in [9.17, 15) is 14.5 Å². The molecule has 1 unspecified atom stereocenters. The molecule has 3 heterocycles. The number of imidazole rings is 1. The summed E-state index contributed by atoms with van der Waals surface area (Å²) in [5, 5.41) is 16.1. The van der Waals surface area contributed by atoms with E-state index in [1.807, 2.05) is 6.92 Å². The van der Waals surface area contributed by atoms with E-state index in [0.717, 1.165) is 0 Å². The second-order valence-electron chi connectivity index (χ2n) is 8.25. The minimum Gasteiger partial charge on any atom is -0.462 e. The minimum absolute atomic E-state index is 0.0655. The van der Waals surface area contributed by atoms with Crippen LogP contribution in [0.15, 0.2) is 6.33 Å². The molecular formula is C19H29ClFN7O6P+. The number of carbonyl (C=O) groups excluding carboxylic acids is 1. The minimum atomic E-state index is -2.60. The molecule has 3 rings (SSSR count). The van der Waals surface area contributed by atoms with Gasteiger partial charge in [0, 0.05) is 6.54 Å². The molecule has 0 spiro atoms. The van der Waals surface area contributed by atoms with Crippen molar-refractivity contribution in [2.24, 2.45) is 0 Å². The topological polar surface area (TPSA) is 176 Å². The zero-order chi connectivity index (χ0) is 25.9. The SMILES string of the molecule is CCNc1nc(N)nc2c1ncn2[C@@H]1O[C@](CCl)(CO[P+](=O)N[C@@H](C)C(=O)OC(C)C)[C@@H](O)[C@@H]1F. The number of aliphatic hydroxyl groups is 1. The van der Waals surface area contributed by atoms with Gasteiger partial charge in [0.1, 0.15) is 24.4 Å². The number of alkyl halides is 2. The van der Waals surface area contributed by atoms with Gasteiger partial charge in [-0.1, -0.05) is 5.09 Å². The van der Waals surface area contributed by atoms with Gasteiger partial charge < -0.3 is 25.6 Å². The van der Waals surface area contributed by atoms with Gasteiger partial charge in [-0.3, -0.25) is 9.36 Å². The molecule has 0 amide bonds. The number of ether oxygens (including phenoxy) is 2. The van der Waals surface area contributed by atoms with Crippen LogP contribution in [0, 0.1) is 0 Å². The van der Waals surface area contributed by atoms with Crippen molar-refractivity contribution < 1.29 is 32.9 Å². The smallest absolute Gasteiger partial charge is 0.462 e. The monoisotopic (exact) mass is 536 g/mol. The van der Waals surface area contributed by atoms with Crippen molar-refractivity contribution in [1.82, 2.24) is 24.6 Å². The Bertz CT molecular complexity index is 1080. The number of nitrogens with zero attached hydrogens (tertiary/aromatic N) is 4. The van der Waals surface area contributed by atoms with E-state index in [1.54, 1.807) is 13.8 Å². The van der Waals surface area contributed by atoms with Crippen molar-refractivity contribution in [3.8, 4) is 0 Å². The van der Waals surface area contributed by atoms with Gasteiger partial charge in [-0.05, 0) is 32.3 Å². The number of carbonyl (C=O) groups is 1. The summed E-state index contributed by atoms with van der Waals surface area (Å²) in [6.07, 6.45) is -4.13. The molecule has 194 valence electrons. The number of aromatic nitrogens is 4. The average molecular weight is 537 g/mol. The summed E-state index contributed by atoms with van der Waals surface area (Å²) in [6.45, 7) is 6.67. The van der Waals surface area contributed by atoms with Crippen molar-refractivity contribution in [3.05, 3.63) is 6.33 Å². The first-order valence-corrected chi connectivity index (χ1v) is 12.6. The number of rotatable bonds is 11. The first kappa shape index (κ1) is 27.4. The van der Waals surface area contributed by atoms with Crippen LogP contribution in [0.25, 0.3) is 11.2 Å². The number of aliphatic hydroxyl groups excluding tert-OH is 1.